The number of amides is 1. The Morgan fingerprint density at radius 1 is 1.44 bits per heavy atom. The van der Waals surface area contributed by atoms with Crippen molar-refractivity contribution in [2.45, 2.75) is 6.04 Å². The van der Waals surface area contributed by atoms with Crippen molar-refractivity contribution in [2.24, 2.45) is 0 Å². The highest BCUT2D eigenvalue weighted by molar-refractivity contribution is 9.10. The first kappa shape index (κ1) is 11.4. The van der Waals surface area contributed by atoms with Crippen molar-refractivity contribution in [2.75, 3.05) is 31.4 Å². The maximum absolute atomic E-state index is 11.7. The van der Waals surface area contributed by atoms with Crippen molar-refractivity contribution in [3.8, 4) is 0 Å². The van der Waals surface area contributed by atoms with Gasteiger partial charge in [-0.1, -0.05) is 0 Å². The summed E-state index contributed by atoms with van der Waals surface area (Å²) >= 11 is 3.52. The van der Waals surface area contributed by atoms with Crippen LogP contribution in [0.3, 0.4) is 0 Å². The summed E-state index contributed by atoms with van der Waals surface area (Å²) in [4.78, 5) is 13.7. The zero-order valence-corrected chi connectivity index (χ0v) is 11.1. The molecule has 0 aliphatic carbocycles. The number of fused-ring (bicyclic) bond motifs is 1. The van der Waals surface area contributed by atoms with Crippen molar-refractivity contribution in [1.29, 1.82) is 0 Å². The fourth-order valence-electron chi connectivity index (χ4n) is 1.90. The van der Waals surface area contributed by atoms with E-state index >= 15 is 0 Å². The number of nitrogens with one attached hydrogen (secondary N) is 2. The fourth-order valence-corrected chi connectivity index (χ4v) is 2.62. The molecule has 0 saturated heterocycles. The van der Waals surface area contributed by atoms with Crippen LogP contribution >= 0.6 is 15.9 Å². The molecule has 1 aromatic carbocycles. The molecule has 5 heteroatoms. The molecule has 2 N–H and O–H groups in total. The highest BCUT2D eigenvalue weighted by atomic mass is 79.9. The van der Waals surface area contributed by atoms with Gasteiger partial charge in [0.05, 0.1) is 5.69 Å². The van der Waals surface area contributed by atoms with Gasteiger partial charge in [0.25, 0.3) is 0 Å². The summed E-state index contributed by atoms with van der Waals surface area (Å²) in [6, 6.07) is 3.72. The SMILES string of the molecule is CNC1C(=O)Nc2cc(N(C)C)c(Br)cc21. The van der Waals surface area contributed by atoms with Crippen LogP contribution in [0, 0.1) is 0 Å². The Morgan fingerprint density at radius 2 is 2.12 bits per heavy atom. The lowest BCUT2D eigenvalue weighted by Crippen LogP contribution is -2.23. The van der Waals surface area contributed by atoms with Gasteiger partial charge in [-0.3, -0.25) is 4.79 Å². The van der Waals surface area contributed by atoms with Gasteiger partial charge in [0, 0.05) is 29.8 Å². The van der Waals surface area contributed by atoms with Gasteiger partial charge in [-0.15, -0.1) is 0 Å². The molecule has 1 unspecified atom stereocenters. The summed E-state index contributed by atoms with van der Waals surface area (Å²) in [5.41, 5.74) is 2.93. The van der Waals surface area contributed by atoms with Gasteiger partial charge in [0.2, 0.25) is 5.91 Å². The van der Waals surface area contributed by atoms with Crippen molar-refractivity contribution >= 4 is 33.2 Å². The van der Waals surface area contributed by atoms with Crippen LogP contribution in [0.25, 0.3) is 0 Å². The number of rotatable bonds is 2. The molecule has 0 aromatic heterocycles. The van der Waals surface area contributed by atoms with Crippen LogP contribution in [0.5, 0.6) is 0 Å². The summed E-state index contributed by atoms with van der Waals surface area (Å²) in [6.07, 6.45) is 0. The zero-order chi connectivity index (χ0) is 11.9. The molecule has 0 spiro atoms. The molecule has 0 saturated carbocycles. The number of anilines is 2. The predicted octanol–water partition coefficient (Wildman–Crippen LogP) is 1.73. The number of carbonyl (C=O) groups is 1. The first-order chi connectivity index (χ1) is 7.54. The molecule has 1 atom stereocenters. The molecule has 1 amide bonds. The highest BCUT2D eigenvalue weighted by Crippen LogP contribution is 2.38. The fraction of sp³-hybridized carbons (Fsp3) is 0.364. The summed E-state index contributed by atoms with van der Waals surface area (Å²) in [7, 11) is 5.73. The lowest BCUT2D eigenvalue weighted by atomic mass is 10.1. The number of likely N-dealkylation sites (N-methyl/N-ethyl adjacent to an activating group) is 1. The molecule has 2 rings (SSSR count). The normalized spacial score (nSPS) is 18.2. The number of halogens is 1. The second-order valence-electron chi connectivity index (χ2n) is 4.00. The van der Waals surface area contributed by atoms with Crippen molar-refractivity contribution < 1.29 is 4.79 Å². The third kappa shape index (κ3) is 1.70. The lowest BCUT2D eigenvalue weighted by Gasteiger charge is -2.16. The number of hydrogen-bond acceptors (Lipinski definition) is 3. The van der Waals surface area contributed by atoms with Gasteiger partial charge >= 0.3 is 0 Å². The molecular weight excluding hydrogens is 270 g/mol. The van der Waals surface area contributed by atoms with E-state index in [-0.39, 0.29) is 11.9 Å². The minimum Gasteiger partial charge on any atom is -0.377 e. The first-order valence-corrected chi connectivity index (χ1v) is 5.82. The minimum atomic E-state index is -0.248. The van der Waals surface area contributed by atoms with Gasteiger partial charge in [0.15, 0.2) is 0 Å². The Labute approximate surface area is 103 Å². The number of carbonyl (C=O) groups excluding carboxylic acids is 1. The topological polar surface area (TPSA) is 44.4 Å². The first-order valence-electron chi connectivity index (χ1n) is 5.03. The van der Waals surface area contributed by atoms with E-state index in [0.29, 0.717) is 0 Å². The largest absolute Gasteiger partial charge is 0.377 e. The van der Waals surface area contributed by atoms with Crippen LogP contribution in [0.2, 0.25) is 0 Å². The zero-order valence-electron chi connectivity index (χ0n) is 9.47. The summed E-state index contributed by atoms with van der Waals surface area (Å²) in [6.45, 7) is 0. The molecule has 0 fully saturated rings. The maximum atomic E-state index is 11.7. The molecule has 1 aliphatic heterocycles. The monoisotopic (exact) mass is 283 g/mol. The van der Waals surface area contributed by atoms with E-state index in [2.05, 4.69) is 26.6 Å². The molecule has 1 aromatic rings. The Balaban J connectivity index is 2.51. The standard InChI is InChI=1S/C11H14BrN3O/c1-13-10-6-4-7(12)9(15(2)3)5-8(6)14-11(10)16/h4-5,10,13H,1-3H3,(H,14,16). The number of benzene rings is 1. The van der Waals surface area contributed by atoms with Gasteiger partial charge in [-0.2, -0.15) is 0 Å². The predicted molar refractivity (Wildman–Crippen MR) is 68.9 cm³/mol. The van der Waals surface area contributed by atoms with Gasteiger partial charge in [-0.05, 0) is 35.1 Å². The molecule has 0 bridgehead atoms. The average Bonchev–Trinajstić information content (AvgIpc) is 2.51. The Kier molecular flexibility index (Phi) is 2.90. The van der Waals surface area contributed by atoms with E-state index in [4.69, 9.17) is 0 Å². The molecule has 1 heterocycles. The van der Waals surface area contributed by atoms with Crippen LogP contribution < -0.4 is 15.5 Å². The minimum absolute atomic E-state index is 0.000283. The Bertz CT molecular complexity index is 445. The highest BCUT2D eigenvalue weighted by Gasteiger charge is 2.30. The number of hydrogen-bond donors (Lipinski definition) is 2. The molecule has 4 nitrogen and oxygen atoms in total. The summed E-state index contributed by atoms with van der Waals surface area (Å²) in [5, 5.41) is 5.87. The van der Waals surface area contributed by atoms with Gasteiger partial charge in [0.1, 0.15) is 6.04 Å². The molecule has 16 heavy (non-hydrogen) atoms. The summed E-state index contributed by atoms with van der Waals surface area (Å²) < 4.78 is 0.994. The third-order valence-electron chi connectivity index (χ3n) is 2.72. The smallest absolute Gasteiger partial charge is 0.246 e. The van der Waals surface area contributed by atoms with Crippen molar-refractivity contribution in [3.05, 3.63) is 22.2 Å². The van der Waals surface area contributed by atoms with E-state index in [0.717, 1.165) is 21.4 Å². The average molecular weight is 284 g/mol. The Hall–Kier alpha value is -1.07. The van der Waals surface area contributed by atoms with E-state index in [1.807, 2.05) is 31.1 Å². The van der Waals surface area contributed by atoms with Crippen LogP contribution in [0.15, 0.2) is 16.6 Å². The molecule has 86 valence electrons. The van der Waals surface area contributed by atoms with Crippen LogP contribution in [0.1, 0.15) is 11.6 Å². The van der Waals surface area contributed by atoms with Gasteiger partial charge < -0.3 is 15.5 Å². The van der Waals surface area contributed by atoms with Crippen LogP contribution in [-0.4, -0.2) is 27.1 Å². The van der Waals surface area contributed by atoms with Gasteiger partial charge in [-0.25, -0.2) is 0 Å². The van der Waals surface area contributed by atoms with Crippen LogP contribution in [0.4, 0.5) is 11.4 Å². The van der Waals surface area contributed by atoms with E-state index in [9.17, 15) is 4.79 Å². The third-order valence-corrected chi connectivity index (χ3v) is 3.36. The van der Waals surface area contributed by atoms with E-state index in [1.54, 1.807) is 7.05 Å². The van der Waals surface area contributed by atoms with Crippen molar-refractivity contribution in [3.63, 3.8) is 0 Å². The maximum Gasteiger partial charge on any atom is 0.246 e. The molecule has 1 aliphatic rings. The van der Waals surface area contributed by atoms with Crippen molar-refractivity contribution in [1.82, 2.24) is 5.32 Å². The molecular formula is C11H14BrN3O. The second kappa shape index (κ2) is 4.07. The quantitative estimate of drug-likeness (QED) is 0.869. The molecule has 0 radical (unpaired) electrons. The second-order valence-corrected chi connectivity index (χ2v) is 4.85. The Morgan fingerprint density at radius 3 is 2.69 bits per heavy atom. The summed E-state index contributed by atoms with van der Waals surface area (Å²) in [5.74, 6) is 0.000283. The van der Waals surface area contributed by atoms with E-state index < -0.39 is 0 Å². The van der Waals surface area contributed by atoms with E-state index in [1.165, 1.54) is 0 Å². The lowest BCUT2D eigenvalue weighted by molar-refractivity contribution is -0.117. The van der Waals surface area contributed by atoms with Crippen LogP contribution in [-0.2, 0) is 4.79 Å². The number of nitrogens with zero attached hydrogens (tertiary/aromatic N) is 1.